The highest BCUT2D eigenvalue weighted by atomic mass is 16.2. The third-order valence-electron chi connectivity index (χ3n) is 7.40. The van der Waals surface area contributed by atoms with E-state index >= 15 is 0 Å². The lowest BCUT2D eigenvalue weighted by atomic mass is 9.70. The standard InChI is InChI=1S/C24H37NO2/c1-2-21(24-16-14-20(19-24)15-17-24)11-9-7-5-3-4-6-8-10-18-25-22(26)12-13-23(25)27/h7,9,12-13,20-21H,2-6,8,10-11,14-19H2,1H3. The molecule has 0 N–H and O–H groups in total. The predicted octanol–water partition coefficient (Wildman–Crippen LogP) is 5.80. The summed E-state index contributed by atoms with van der Waals surface area (Å²) in [7, 11) is 0. The van der Waals surface area contributed by atoms with Gasteiger partial charge < -0.3 is 0 Å². The first-order chi connectivity index (χ1) is 13.1. The van der Waals surface area contributed by atoms with Gasteiger partial charge in [0.15, 0.2) is 0 Å². The van der Waals surface area contributed by atoms with E-state index in [9.17, 15) is 9.59 Å². The monoisotopic (exact) mass is 371 g/mol. The molecule has 2 bridgehead atoms. The van der Waals surface area contributed by atoms with Crippen LogP contribution in [0.5, 0.6) is 0 Å². The minimum Gasteiger partial charge on any atom is -0.275 e. The number of unbranched alkanes of at least 4 members (excludes halogenated alkanes) is 5. The predicted molar refractivity (Wildman–Crippen MR) is 110 cm³/mol. The van der Waals surface area contributed by atoms with Crippen molar-refractivity contribution in [3.05, 3.63) is 24.3 Å². The fourth-order valence-corrected chi connectivity index (χ4v) is 5.75. The SMILES string of the molecule is CCC(CC=CCCCCCCCN1C(=O)C=CC1=O)C12CCC(CC1)C2. The lowest BCUT2D eigenvalue weighted by molar-refractivity contribution is -0.136. The maximum Gasteiger partial charge on any atom is 0.253 e. The van der Waals surface area contributed by atoms with Crippen LogP contribution >= 0.6 is 0 Å². The molecule has 0 aromatic carbocycles. The summed E-state index contributed by atoms with van der Waals surface area (Å²) < 4.78 is 0. The Morgan fingerprint density at radius 1 is 1.04 bits per heavy atom. The highest BCUT2D eigenvalue weighted by Gasteiger charge is 2.48. The molecule has 27 heavy (non-hydrogen) atoms. The zero-order chi connectivity index (χ0) is 19.1. The Bertz CT molecular complexity index is 551. The van der Waals surface area contributed by atoms with Gasteiger partial charge in [-0.25, -0.2) is 0 Å². The maximum absolute atomic E-state index is 11.5. The van der Waals surface area contributed by atoms with Gasteiger partial charge in [0.1, 0.15) is 0 Å². The minimum absolute atomic E-state index is 0.152. The smallest absolute Gasteiger partial charge is 0.253 e. The molecule has 3 nitrogen and oxygen atoms in total. The first-order valence-electron chi connectivity index (χ1n) is 11.3. The topological polar surface area (TPSA) is 37.4 Å². The summed E-state index contributed by atoms with van der Waals surface area (Å²) in [5.74, 6) is 1.66. The van der Waals surface area contributed by atoms with Gasteiger partial charge in [-0.3, -0.25) is 14.5 Å². The molecule has 2 aliphatic carbocycles. The Balaban J connectivity index is 1.21. The van der Waals surface area contributed by atoms with Crippen molar-refractivity contribution in [1.82, 2.24) is 4.90 Å². The third-order valence-corrected chi connectivity index (χ3v) is 7.40. The summed E-state index contributed by atoms with van der Waals surface area (Å²) >= 11 is 0. The van der Waals surface area contributed by atoms with Gasteiger partial charge in [-0.05, 0) is 75.0 Å². The lowest BCUT2D eigenvalue weighted by Crippen LogP contribution is -2.30. The Kier molecular flexibility index (Phi) is 7.32. The Labute approximate surface area is 165 Å². The second-order valence-electron chi connectivity index (χ2n) is 9.04. The highest BCUT2D eigenvalue weighted by Crippen LogP contribution is 2.59. The van der Waals surface area contributed by atoms with Crippen LogP contribution in [0.2, 0.25) is 0 Å². The largest absolute Gasteiger partial charge is 0.275 e. The molecule has 1 heterocycles. The molecule has 0 aromatic rings. The highest BCUT2D eigenvalue weighted by molar-refractivity contribution is 6.12. The van der Waals surface area contributed by atoms with Crippen molar-refractivity contribution in [2.75, 3.05) is 6.54 Å². The summed E-state index contributed by atoms with van der Waals surface area (Å²) in [6.45, 7) is 2.96. The molecule has 1 unspecified atom stereocenters. The molecule has 0 radical (unpaired) electrons. The molecule has 0 saturated heterocycles. The second-order valence-corrected chi connectivity index (χ2v) is 9.04. The van der Waals surface area contributed by atoms with Gasteiger partial charge in [-0.2, -0.15) is 0 Å². The Hall–Kier alpha value is -1.38. The number of hydrogen-bond donors (Lipinski definition) is 0. The number of nitrogens with zero attached hydrogens (tertiary/aromatic N) is 1. The Morgan fingerprint density at radius 2 is 1.70 bits per heavy atom. The van der Waals surface area contributed by atoms with E-state index in [0.717, 1.165) is 24.7 Å². The maximum atomic E-state index is 11.5. The average Bonchev–Trinajstić information content (AvgIpc) is 3.36. The fraction of sp³-hybridized carbons (Fsp3) is 0.750. The van der Waals surface area contributed by atoms with E-state index in [1.54, 1.807) is 0 Å². The molecule has 0 spiro atoms. The van der Waals surface area contributed by atoms with Crippen LogP contribution < -0.4 is 0 Å². The first kappa shape index (κ1) is 20.4. The van der Waals surface area contributed by atoms with Crippen LogP contribution in [0.3, 0.4) is 0 Å². The molecule has 3 heteroatoms. The van der Waals surface area contributed by atoms with Crippen LogP contribution in [0, 0.1) is 17.3 Å². The van der Waals surface area contributed by atoms with Crippen LogP contribution in [0.25, 0.3) is 0 Å². The third kappa shape index (κ3) is 5.12. The molecule has 2 amide bonds. The van der Waals surface area contributed by atoms with Crippen molar-refractivity contribution < 1.29 is 9.59 Å². The number of carbonyl (C=O) groups is 2. The zero-order valence-corrected chi connectivity index (χ0v) is 17.1. The average molecular weight is 372 g/mol. The van der Waals surface area contributed by atoms with E-state index in [1.807, 2.05) is 0 Å². The van der Waals surface area contributed by atoms with Gasteiger partial charge in [-0.1, -0.05) is 44.8 Å². The molecule has 3 rings (SSSR count). The van der Waals surface area contributed by atoms with Crippen molar-refractivity contribution in [2.45, 2.75) is 90.4 Å². The van der Waals surface area contributed by atoms with E-state index in [-0.39, 0.29) is 11.8 Å². The summed E-state index contributed by atoms with van der Waals surface area (Å²) in [6, 6.07) is 0. The second kappa shape index (κ2) is 9.71. The molecule has 3 aliphatic rings. The van der Waals surface area contributed by atoms with E-state index in [1.165, 1.54) is 87.7 Å². The molecule has 1 aliphatic heterocycles. The van der Waals surface area contributed by atoms with Gasteiger partial charge in [-0.15, -0.1) is 0 Å². The van der Waals surface area contributed by atoms with Crippen molar-refractivity contribution in [3.63, 3.8) is 0 Å². The van der Waals surface area contributed by atoms with Gasteiger partial charge >= 0.3 is 0 Å². The minimum atomic E-state index is -0.152. The van der Waals surface area contributed by atoms with Crippen LogP contribution in [0.4, 0.5) is 0 Å². The number of fused-ring (bicyclic) bond motifs is 2. The molecule has 2 saturated carbocycles. The molecular weight excluding hydrogens is 334 g/mol. The normalized spacial score (nSPS) is 28.2. The van der Waals surface area contributed by atoms with Crippen LogP contribution in [0.1, 0.15) is 90.4 Å². The summed E-state index contributed by atoms with van der Waals surface area (Å²) in [4.78, 5) is 24.3. The van der Waals surface area contributed by atoms with Crippen molar-refractivity contribution >= 4 is 11.8 Å². The number of hydrogen-bond acceptors (Lipinski definition) is 2. The molecule has 1 atom stereocenters. The van der Waals surface area contributed by atoms with Gasteiger partial charge in [0, 0.05) is 18.7 Å². The first-order valence-corrected chi connectivity index (χ1v) is 11.3. The van der Waals surface area contributed by atoms with Gasteiger partial charge in [0.25, 0.3) is 11.8 Å². The van der Waals surface area contributed by atoms with E-state index in [4.69, 9.17) is 0 Å². The number of carbonyl (C=O) groups excluding carboxylic acids is 2. The Morgan fingerprint density at radius 3 is 2.33 bits per heavy atom. The summed E-state index contributed by atoms with van der Waals surface area (Å²) in [5.41, 5.74) is 0.706. The van der Waals surface area contributed by atoms with Gasteiger partial charge in [0.05, 0.1) is 0 Å². The molecule has 0 aromatic heterocycles. The zero-order valence-electron chi connectivity index (χ0n) is 17.1. The van der Waals surface area contributed by atoms with E-state index in [0.29, 0.717) is 12.0 Å². The number of allylic oxidation sites excluding steroid dienone is 2. The number of imide groups is 1. The van der Waals surface area contributed by atoms with Crippen LogP contribution in [0.15, 0.2) is 24.3 Å². The lowest BCUT2D eigenvalue weighted by Gasteiger charge is -2.35. The number of rotatable bonds is 12. The summed E-state index contributed by atoms with van der Waals surface area (Å²) in [5, 5.41) is 0. The van der Waals surface area contributed by atoms with Crippen LogP contribution in [-0.2, 0) is 9.59 Å². The molecular formula is C24H37NO2. The van der Waals surface area contributed by atoms with Crippen molar-refractivity contribution in [2.24, 2.45) is 17.3 Å². The van der Waals surface area contributed by atoms with E-state index < -0.39 is 0 Å². The molecule has 2 fully saturated rings. The summed E-state index contributed by atoms with van der Waals surface area (Å²) in [6.07, 6.45) is 24.7. The fourth-order valence-electron chi connectivity index (χ4n) is 5.75. The van der Waals surface area contributed by atoms with E-state index in [2.05, 4.69) is 19.1 Å². The van der Waals surface area contributed by atoms with Crippen molar-refractivity contribution in [3.8, 4) is 0 Å². The molecule has 150 valence electrons. The van der Waals surface area contributed by atoms with Crippen molar-refractivity contribution in [1.29, 1.82) is 0 Å². The quantitative estimate of drug-likeness (QED) is 0.247. The van der Waals surface area contributed by atoms with Crippen LogP contribution in [-0.4, -0.2) is 23.3 Å². The van der Waals surface area contributed by atoms with Gasteiger partial charge in [0.2, 0.25) is 0 Å². The number of amides is 2.